The van der Waals surface area contributed by atoms with E-state index in [9.17, 15) is 14.4 Å². The monoisotopic (exact) mass is 426 g/mol. The molecule has 1 aliphatic rings. The lowest BCUT2D eigenvalue weighted by Gasteiger charge is -2.26. The molecule has 1 N–H and O–H groups in total. The van der Waals surface area contributed by atoms with Crippen LogP contribution in [0.4, 0.5) is 10.5 Å². The summed E-state index contributed by atoms with van der Waals surface area (Å²) < 4.78 is 5.72. The van der Waals surface area contributed by atoms with E-state index in [-0.39, 0.29) is 17.0 Å². The van der Waals surface area contributed by atoms with Gasteiger partial charge in [0.1, 0.15) is 17.1 Å². The Balaban J connectivity index is 1.67. The summed E-state index contributed by atoms with van der Waals surface area (Å²) in [7, 11) is 0. The number of benzene rings is 2. The molecule has 0 saturated carbocycles. The van der Waals surface area contributed by atoms with Crippen molar-refractivity contribution in [2.75, 3.05) is 4.90 Å². The van der Waals surface area contributed by atoms with E-state index in [0.717, 1.165) is 10.5 Å². The molecule has 1 aliphatic heterocycles. The van der Waals surface area contributed by atoms with Gasteiger partial charge in [-0.25, -0.2) is 9.69 Å². The van der Waals surface area contributed by atoms with Crippen molar-refractivity contribution in [2.24, 2.45) is 0 Å². The van der Waals surface area contributed by atoms with E-state index in [0.29, 0.717) is 15.8 Å². The fraction of sp³-hybridized carbons (Fsp3) is 0. The minimum Gasteiger partial charge on any atom is -0.457 e. The molecule has 1 saturated heterocycles. The van der Waals surface area contributed by atoms with Gasteiger partial charge in [0, 0.05) is 15.6 Å². The highest BCUT2D eigenvalue weighted by Crippen LogP contribution is 2.27. The van der Waals surface area contributed by atoms with E-state index in [4.69, 9.17) is 27.6 Å². The van der Waals surface area contributed by atoms with Crippen LogP contribution in [-0.2, 0) is 9.59 Å². The summed E-state index contributed by atoms with van der Waals surface area (Å²) in [4.78, 5) is 38.1. The fourth-order valence-electron chi connectivity index (χ4n) is 2.85. The maximum atomic E-state index is 12.8. The van der Waals surface area contributed by atoms with Crippen molar-refractivity contribution in [1.82, 2.24) is 5.32 Å². The van der Waals surface area contributed by atoms with E-state index >= 15 is 0 Å². The molecule has 0 aliphatic carbocycles. The molecule has 8 heteroatoms. The normalized spacial score (nSPS) is 15.7. The maximum Gasteiger partial charge on any atom is 0.335 e. The molecule has 0 spiro atoms. The molecule has 144 valence electrons. The van der Waals surface area contributed by atoms with E-state index < -0.39 is 17.8 Å². The zero-order chi connectivity index (χ0) is 20.5. The van der Waals surface area contributed by atoms with E-state index in [2.05, 4.69) is 5.32 Å². The highest BCUT2D eigenvalue weighted by Gasteiger charge is 2.37. The second-order valence-corrected chi connectivity index (χ2v) is 7.02. The minimum atomic E-state index is -0.835. The molecule has 2 aromatic carbocycles. The first-order valence-electron chi connectivity index (χ1n) is 8.45. The van der Waals surface area contributed by atoms with Crippen molar-refractivity contribution in [3.8, 4) is 11.3 Å². The minimum absolute atomic E-state index is 0.230. The number of rotatable bonds is 3. The average molecular weight is 427 g/mol. The summed E-state index contributed by atoms with van der Waals surface area (Å²) in [6.07, 6.45) is 1.29. The Morgan fingerprint density at radius 1 is 0.897 bits per heavy atom. The third kappa shape index (κ3) is 3.81. The third-order valence-electron chi connectivity index (χ3n) is 4.21. The smallest absolute Gasteiger partial charge is 0.335 e. The van der Waals surface area contributed by atoms with Gasteiger partial charge in [-0.1, -0.05) is 35.3 Å². The van der Waals surface area contributed by atoms with E-state index in [1.54, 1.807) is 42.5 Å². The van der Waals surface area contributed by atoms with Crippen molar-refractivity contribution in [1.29, 1.82) is 0 Å². The molecule has 29 heavy (non-hydrogen) atoms. The lowest BCUT2D eigenvalue weighted by Crippen LogP contribution is -2.54. The van der Waals surface area contributed by atoms with Gasteiger partial charge in [0.15, 0.2) is 0 Å². The maximum absolute atomic E-state index is 12.8. The number of carbonyl (C=O) groups is 3. The van der Waals surface area contributed by atoms with Gasteiger partial charge >= 0.3 is 6.03 Å². The van der Waals surface area contributed by atoms with E-state index in [1.165, 1.54) is 18.2 Å². The SMILES string of the molecule is O=C1NC(=O)N(c2ccc(Cl)cc2)C(=O)/C1=C\c1ccc(-c2cccc(Cl)c2)o1. The highest BCUT2D eigenvalue weighted by molar-refractivity contribution is 6.39. The zero-order valence-electron chi connectivity index (χ0n) is 14.7. The van der Waals surface area contributed by atoms with Crippen molar-refractivity contribution in [2.45, 2.75) is 0 Å². The van der Waals surface area contributed by atoms with Gasteiger partial charge in [0.2, 0.25) is 0 Å². The Labute approximate surface area is 175 Å². The van der Waals surface area contributed by atoms with Gasteiger partial charge in [-0.05, 0) is 54.6 Å². The number of carbonyl (C=O) groups excluding carboxylic acids is 3. The predicted molar refractivity (Wildman–Crippen MR) is 110 cm³/mol. The summed E-state index contributed by atoms with van der Waals surface area (Å²) in [5.74, 6) is -0.759. The molecule has 4 rings (SSSR count). The van der Waals surface area contributed by atoms with Crippen molar-refractivity contribution in [3.63, 3.8) is 0 Å². The Morgan fingerprint density at radius 3 is 2.38 bits per heavy atom. The number of nitrogens with zero attached hydrogens (tertiary/aromatic N) is 1. The number of barbiturate groups is 1. The van der Waals surface area contributed by atoms with Crippen LogP contribution in [0.2, 0.25) is 10.0 Å². The van der Waals surface area contributed by atoms with Crippen LogP contribution in [0, 0.1) is 0 Å². The number of hydrogen-bond acceptors (Lipinski definition) is 4. The number of halogens is 2. The Morgan fingerprint density at radius 2 is 1.66 bits per heavy atom. The van der Waals surface area contributed by atoms with Crippen LogP contribution in [0.3, 0.4) is 0 Å². The largest absolute Gasteiger partial charge is 0.457 e. The predicted octanol–water partition coefficient (Wildman–Crippen LogP) is 4.92. The number of urea groups is 1. The summed E-state index contributed by atoms with van der Waals surface area (Å²) in [6, 6.07) is 15.7. The molecule has 6 nitrogen and oxygen atoms in total. The standard InChI is InChI=1S/C21H12Cl2N2O4/c22-13-4-6-15(7-5-13)25-20(27)17(19(26)24-21(25)28)11-16-8-9-18(29-16)12-2-1-3-14(23)10-12/h1-11H,(H,24,26,28)/b17-11-. The summed E-state index contributed by atoms with van der Waals surface area (Å²) in [5, 5.41) is 3.16. The number of furan rings is 1. The molecular formula is C21H12Cl2N2O4. The molecule has 2 heterocycles. The first kappa shape index (κ1) is 19.0. The topological polar surface area (TPSA) is 79.6 Å². The molecule has 1 aromatic heterocycles. The number of amides is 4. The number of hydrogen-bond donors (Lipinski definition) is 1. The molecule has 0 radical (unpaired) electrons. The van der Waals surface area contributed by atoms with Crippen LogP contribution in [0.15, 0.2) is 70.7 Å². The zero-order valence-corrected chi connectivity index (χ0v) is 16.2. The number of anilines is 1. The average Bonchev–Trinajstić information content (AvgIpc) is 3.15. The molecule has 0 atom stereocenters. The van der Waals surface area contributed by atoms with Crippen LogP contribution in [-0.4, -0.2) is 17.8 Å². The molecule has 4 amide bonds. The lowest BCUT2D eigenvalue weighted by atomic mass is 10.1. The molecule has 1 fully saturated rings. The quantitative estimate of drug-likeness (QED) is 0.476. The highest BCUT2D eigenvalue weighted by atomic mass is 35.5. The van der Waals surface area contributed by atoms with Gasteiger partial charge in [-0.3, -0.25) is 14.9 Å². The van der Waals surface area contributed by atoms with E-state index in [1.807, 2.05) is 6.07 Å². The van der Waals surface area contributed by atoms with Gasteiger partial charge in [-0.15, -0.1) is 0 Å². The van der Waals surface area contributed by atoms with Gasteiger partial charge < -0.3 is 4.42 Å². The lowest BCUT2D eigenvalue weighted by molar-refractivity contribution is -0.122. The first-order chi connectivity index (χ1) is 13.9. The number of imide groups is 2. The Kier molecular flexibility index (Phi) is 4.96. The molecular weight excluding hydrogens is 415 g/mol. The fourth-order valence-corrected chi connectivity index (χ4v) is 3.17. The molecule has 0 unspecified atom stereocenters. The Hall–Kier alpha value is -3.35. The van der Waals surface area contributed by atoms with Gasteiger partial charge in [-0.2, -0.15) is 0 Å². The van der Waals surface area contributed by atoms with Gasteiger partial charge in [0.25, 0.3) is 11.8 Å². The third-order valence-corrected chi connectivity index (χ3v) is 4.70. The van der Waals surface area contributed by atoms with Crippen LogP contribution < -0.4 is 10.2 Å². The van der Waals surface area contributed by atoms with Crippen LogP contribution in [0.25, 0.3) is 17.4 Å². The number of nitrogens with one attached hydrogen (secondary N) is 1. The molecule has 3 aromatic rings. The van der Waals surface area contributed by atoms with Crippen molar-refractivity contribution in [3.05, 3.63) is 82.0 Å². The van der Waals surface area contributed by atoms with Gasteiger partial charge in [0.05, 0.1) is 5.69 Å². The molecule has 0 bridgehead atoms. The van der Waals surface area contributed by atoms with Crippen LogP contribution >= 0.6 is 23.2 Å². The van der Waals surface area contributed by atoms with Crippen LogP contribution in [0.1, 0.15) is 5.76 Å². The first-order valence-corrected chi connectivity index (χ1v) is 9.21. The second kappa shape index (κ2) is 7.58. The summed E-state index contributed by atoms with van der Waals surface area (Å²) >= 11 is 11.9. The van der Waals surface area contributed by atoms with Crippen LogP contribution in [0.5, 0.6) is 0 Å². The Bertz CT molecular complexity index is 1170. The van der Waals surface area contributed by atoms with Crippen molar-refractivity contribution < 1.29 is 18.8 Å². The summed E-state index contributed by atoms with van der Waals surface area (Å²) in [6.45, 7) is 0. The summed E-state index contributed by atoms with van der Waals surface area (Å²) in [5.41, 5.74) is 0.806. The van der Waals surface area contributed by atoms with Crippen molar-refractivity contribution >= 4 is 52.8 Å². The second-order valence-electron chi connectivity index (χ2n) is 6.15.